The lowest BCUT2D eigenvalue weighted by Gasteiger charge is -2.41. The van der Waals surface area contributed by atoms with E-state index in [0.717, 1.165) is 73.6 Å². The quantitative estimate of drug-likeness (QED) is 0.178. The Labute approximate surface area is 248 Å². The van der Waals surface area contributed by atoms with Gasteiger partial charge in [-0.15, -0.1) is 0 Å². The molecule has 1 saturated heterocycles. The highest BCUT2D eigenvalue weighted by atomic mass is 35.5. The number of esters is 1. The van der Waals surface area contributed by atoms with Crippen LogP contribution in [0.25, 0.3) is 11.0 Å². The summed E-state index contributed by atoms with van der Waals surface area (Å²) in [7, 11) is 0. The first kappa shape index (κ1) is 29.2. The molecule has 0 radical (unpaired) electrons. The van der Waals surface area contributed by atoms with Gasteiger partial charge in [0, 0.05) is 18.1 Å². The Balaban J connectivity index is 1.23. The van der Waals surface area contributed by atoms with Crippen molar-refractivity contribution >= 4 is 28.6 Å². The highest BCUT2D eigenvalue weighted by Gasteiger charge is 2.44. The maximum Gasteiger partial charge on any atom is 0.316 e. The number of ether oxygens (including phenoxy) is 2. The summed E-state index contributed by atoms with van der Waals surface area (Å²) in [5.74, 6) is 2.10. The molecule has 0 aliphatic carbocycles. The Morgan fingerprint density at radius 1 is 1.02 bits per heavy atom. The number of fused-ring (bicyclic) bond motifs is 1. The summed E-state index contributed by atoms with van der Waals surface area (Å²) < 4.78 is 14.0. The van der Waals surface area contributed by atoms with Crippen molar-refractivity contribution in [3.63, 3.8) is 0 Å². The fraction of sp³-hybridized carbons (Fsp3) is 0.412. The first-order valence-electron chi connectivity index (χ1n) is 14.7. The molecule has 1 aliphatic heterocycles. The SMILES string of the molecule is CCOC(=O)C1(c2ccccc2)CCN(CC(C)CCn2c(COc3ccc(Cl)cc3)nc3c(C)cccc32)CC1. The molecule has 0 spiro atoms. The molecule has 3 aromatic carbocycles. The summed E-state index contributed by atoms with van der Waals surface area (Å²) in [6, 6.07) is 24.0. The standard InChI is InChI=1S/C34H40ClN3O3/c1-4-40-33(39)34(27-10-6-5-7-11-27)18-21-37(22-19-34)23-25(2)17-20-38-30-12-8-9-26(3)32(30)36-31(38)24-41-29-15-13-28(35)14-16-29/h5-16,25H,4,17-24H2,1-3H3. The van der Waals surface area contributed by atoms with Gasteiger partial charge in [0.15, 0.2) is 0 Å². The second kappa shape index (κ2) is 13.1. The summed E-state index contributed by atoms with van der Waals surface area (Å²) in [4.78, 5) is 20.6. The molecule has 0 N–H and O–H groups in total. The minimum absolute atomic E-state index is 0.0884. The molecule has 1 unspecified atom stereocenters. The molecule has 1 aliphatic rings. The van der Waals surface area contributed by atoms with Crippen molar-refractivity contribution in [1.82, 2.24) is 14.5 Å². The van der Waals surface area contributed by atoms with E-state index in [9.17, 15) is 4.79 Å². The Bertz CT molecular complexity index is 1440. The number of hydrogen-bond acceptors (Lipinski definition) is 5. The number of carbonyl (C=O) groups is 1. The Morgan fingerprint density at radius 3 is 2.46 bits per heavy atom. The second-order valence-corrected chi connectivity index (χ2v) is 11.7. The first-order valence-corrected chi connectivity index (χ1v) is 15.1. The number of hydrogen-bond donors (Lipinski definition) is 0. The fourth-order valence-corrected chi connectivity index (χ4v) is 6.14. The normalized spacial score (nSPS) is 16.0. The third kappa shape index (κ3) is 6.60. The van der Waals surface area contributed by atoms with E-state index in [1.807, 2.05) is 49.4 Å². The van der Waals surface area contributed by atoms with Gasteiger partial charge in [-0.1, -0.05) is 61.0 Å². The summed E-state index contributed by atoms with van der Waals surface area (Å²) in [5.41, 5.74) is 3.86. The van der Waals surface area contributed by atoms with E-state index in [2.05, 4.69) is 53.6 Å². The van der Waals surface area contributed by atoms with Crippen molar-refractivity contribution in [2.75, 3.05) is 26.2 Å². The largest absolute Gasteiger partial charge is 0.486 e. The molecule has 1 fully saturated rings. The Hall–Kier alpha value is -3.35. The van der Waals surface area contributed by atoms with E-state index in [1.54, 1.807) is 0 Å². The van der Waals surface area contributed by atoms with Crippen LogP contribution < -0.4 is 4.74 Å². The number of para-hydroxylation sites is 1. The van der Waals surface area contributed by atoms with E-state index in [1.165, 1.54) is 5.56 Å². The van der Waals surface area contributed by atoms with Crippen molar-refractivity contribution < 1.29 is 14.3 Å². The maximum atomic E-state index is 13.1. The minimum atomic E-state index is -0.552. The Kier molecular flexibility index (Phi) is 9.31. The topological polar surface area (TPSA) is 56.6 Å². The van der Waals surface area contributed by atoms with Crippen molar-refractivity contribution in [3.05, 3.63) is 94.8 Å². The molecule has 0 amide bonds. The molecule has 2 heterocycles. The molecular weight excluding hydrogens is 534 g/mol. The predicted octanol–water partition coefficient (Wildman–Crippen LogP) is 7.20. The van der Waals surface area contributed by atoms with Crippen LogP contribution >= 0.6 is 11.6 Å². The molecule has 0 bridgehead atoms. The van der Waals surface area contributed by atoms with Crippen LogP contribution in [0.4, 0.5) is 0 Å². The molecule has 5 rings (SSSR count). The molecule has 0 saturated carbocycles. The zero-order chi connectivity index (χ0) is 28.8. The molecular formula is C34H40ClN3O3. The number of nitrogens with zero attached hydrogens (tertiary/aromatic N) is 3. The lowest BCUT2D eigenvalue weighted by Crippen LogP contribution is -2.49. The number of rotatable bonds is 11. The van der Waals surface area contributed by atoms with Crippen molar-refractivity contribution in [3.8, 4) is 5.75 Å². The number of aromatic nitrogens is 2. The zero-order valence-electron chi connectivity index (χ0n) is 24.3. The maximum absolute atomic E-state index is 13.1. The molecule has 1 atom stereocenters. The van der Waals surface area contributed by atoms with Gasteiger partial charge in [0.1, 0.15) is 18.2 Å². The summed E-state index contributed by atoms with van der Waals surface area (Å²) in [5, 5.41) is 0.689. The molecule has 216 valence electrons. The van der Waals surface area contributed by atoms with E-state index in [4.69, 9.17) is 26.1 Å². The molecule has 41 heavy (non-hydrogen) atoms. The van der Waals surface area contributed by atoms with Crippen LogP contribution in [0.2, 0.25) is 5.02 Å². The van der Waals surface area contributed by atoms with Gasteiger partial charge in [-0.05, 0) is 93.6 Å². The van der Waals surface area contributed by atoms with Crippen molar-refractivity contribution in [2.24, 2.45) is 5.92 Å². The van der Waals surface area contributed by atoms with E-state index < -0.39 is 5.41 Å². The van der Waals surface area contributed by atoms with E-state index in [-0.39, 0.29) is 5.97 Å². The van der Waals surface area contributed by atoms with Crippen LogP contribution in [0.15, 0.2) is 72.8 Å². The third-order valence-electron chi connectivity index (χ3n) is 8.36. The van der Waals surface area contributed by atoms with Crippen LogP contribution in [0.5, 0.6) is 5.75 Å². The lowest BCUT2D eigenvalue weighted by atomic mass is 9.72. The zero-order valence-corrected chi connectivity index (χ0v) is 25.1. The van der Waals surface area contributed by atoms with Gasteiger partial charge >= 0.3 is 5.97 Å². The molecule has 4 aromatic rings. The number of piperidine rings is 1. The Morgan fingerprint density at radius 2 is 1.76 bits per heavy atom. The average Bonchev–Trinajstić information content (AvgIpc) is 3.35. The average molecular weight is 574 g/mol. The van der Waals surface area contributed by atoms with Gasteiger partial charge in [-0.2, -0.15) is 0 Å². The number of imidazole rings is 1. The number of benzene rings is 3. The summed E-state index contributed by atoms with van der Waals surface area (Å²) >= 11 is 6.04. The monoisotopic (exact) mass is 573 g/mol. The highest BCUT2D eigenvalue weighted by molar-refractivity contribution is 6.30. The number of carbonyl (C=O) groups excluding carboxylic acids is 1. The van der Waals surface area contributed by atoms with Gasteiger partial charge in [0.25, 0.3) is 0 Å². The van der Waals surface area contributed by atoms with E-state index in [0.29, 0.717) is 24.2 Å². The first-order chi connectivity index (χ1) is 19.9. The van der Waals surface area contributed by atoms with Crippen molar-refractivity contribution in [2.45, 2.75) is 58.6 Å². The highest BCUT2D eigenvalue weighted by Crippen LogP contribution is 2.37. The van der Waals surface area contributed by atoms with Gasteiger partial charge in [-0.3, -0.25) is 4.79 Å². The fourth-order valence-electron chi connectivity index (χ4n) is 6.01. The minimum Gasteiger partial charge on any atom is -0.486 e. The third-order valence-corrected chi connectivity index (χ3v) is 8.61. The van der Waals surface area contributed by atoms with Crippen LogP contribution in [-0.2, 0) is 28.1 Å². The number of likely N-dealkylation sites (tertiary alicyclic amines) is 1. The molecule has 7 heteroatoms. The summed E-state index contributed by atoms with van der Waals surface area (Å²) in [6.07, 6.45) is 2.58. The van der Waals surface area contributed by atoms with Crippen LogP contribution in [0.3, 0.4) is 0 Å². The number of halogens is 1. The smallest absolute Gasteiger partial charge is 0.316 e. The second-order valence-electron chi connectivity index (χ2n) is 11.2. The van der Waals surface area contributed by atoms with Crippen LogP contribution in [-0.4, -0.2) is 46.7 Å². The van der Waals surface area contributed by atoms with Gasteiger partial charge in [0.05, 0.1) is 23.1 Å². The number of aryl methyl sites for hydroxylation is 2. The summed E-state index contributed by atoms with van der Waals surface area (Å²) in [6.45, 7) is 10.7. The van der Waals surface area contributed by atoms with Crippen LogP contribution in [0.1, 0.15) is 50.1 Å². The van der Waals surface area contributed by atoms with Gasteiger partial charge < -0.3 is 18.9 Å². The predicted molar refractivity (Wildman–Crippen MR) is 164 cm³/mol. The van der Waals surface area contributed by atoms with Gasteiger partial charge in [-0.25, -0.2) is 4.98 Å². The molecule has 1 aromatic heterocycles. The van der Waals surface area contributed by atoms with E-state index >= 15 is 0 Å². The molecule has 6 nitrogen and oxygen atoms in total. The van der Waals surface area contributed by atoms with Crippen LogP contribution in [0, 0.1) is 12.8 Å². The lowest BCUT2D eigenvalue weighted by molar-refractivity contribution is -0.152. The van der Waals surface area contributed by atoms with Crippen molar-refractivity contribution in [1.29, 1.82) is 0 Å². The van der Waals surface area contributed by atoms with Gasteiger partial charge in [0.2, 0.25) is 0 Å².